The Hall–Kier alpha value is -2.47. The molecule has 1 aromatic carbocycles. The standard InChI is InChI=1S/C14H12N4OS/c1-15-13-10(3-2-6-16-13)14(19)18-9-4-5-11-12(7-9)20-8-17-11/h2-8H,1H3,(H,15,16)(H,18,19). The summed E-state index contributed by atoms with van der Waals surface area (Å²) in [4.78, 5) is 20.6. The Morgan fingerprint density at radius 3 is 3.00 bits per heavy atom. The van der Waals surface area contributed by atoms with Crippen molar-refractivity contribution in [2.45, 2.75) is 0 Å². The summed E-state index contributed by atoms with van der Waals surface area (Å²) in [6, 6.07) is 9.13. The van der Waals surface area contributed by atoms with Crippen molar-refractivity contribution in [2.75, 3.05) is 17.7 Å². The highest BCUT2D eigenvalue weighted by Crippen LogP contribution is 2.22. The highest BCUT2D eigenvalue weighted by atomic mass is 32.1. The van der Waals surface area contributed by atoms with Crippen LogP contribution in [0, 0.1) is 0 Å². The zero-order valence-electron chi connectivity index (χ0n) is 10.8. The monoisotopic (exact) mass is 284 g/mol. The van der Waals surface area contributed by atoms with Gasteiger partial charge in [-0.25, -0.2) is 9.97 Å². The van der Waals surface area contributed by atoms with Gasteiger partial charge in [0.25, 0.3) is 5.91 Å². The van der Waals surface area contributed by atoms with Crippen molar-refractivity contribution >= 4 is 39.0 Å². The summed E-state index contributed by atoms with van der Waals surface area (Å²) in [5, 5.41) is 5.78. The fourth-order valence-corrected chi connectivity index (χ4v) is 2.64. The molecule has 20 heavy (non-hydrogen) atoms. The summed E-state index contributed by atoms with van der Waals surface area (Å²) in [5.74, 6) is 0.371. The normalized spacial score (nSPS) is 10.4. The number of amides is 1. The SMILES string of the molecule is CNc1ncccc1C(=O)Nc1ccc2ncsc2c1. The van der Waals surface area contributed by atoms with Crippen LogP contribution in [0.5, 0.6) is 0 Å². The van der Waals surface area contributed by atoms with Crippen LogP contribution in [-0.4, -0.2) is 22.9 Å². The van der Waals surface area contributed by atoms with E-state index in [0.29, 0.717) is 11.4 Å². The van der Waals surface area contributed by atoms with E-state index in [-0.39, 0.29) is 5.91 Å². The molecule has 0 saturated carbocycles. The first kappa shape index (κ1) is 12.6. The molecule has 0 atom stereocenters. The molecule has 0 radical (unpaired) electrons. The second-order valence-electron chi connectivity index (χ2n) is 4.14. The molecule has 0 fully saturated rings. The molecule has 100 valence electrons. The number of carbonyl (C=O) groups excluding carboxylic acids is 1. The van der Waals surface area contributed by atoms with E-state index >= 15 is 0 Å². The van der Waals surface area contributed by atoms with Crippen molar-refractivity contribution in [3.8, 4) is 0 Å². The summed E-state index contributed by atoms with van der Waals surface area (Å²) in [5.41, 5.74) is 3.98. The Balaban J connectivity index is 1.88. The van der Waals surface area contributed by atoms with Crippen molar-refractivity contribution in [2.24, 2.45) is 0 Å². The number of nitrogens with one attached hydrogen (secondary N) is 2. The lowest BCUT2D eigenvalue weighted by molar-refractivity contribution is 0.102. The minimum absolute atomic E-state index is 0.189. The van der Waals surface area contributed by atoms with Crippen LogP contribution in [0.3, 0.4) is 0 Å². The van der Waals surface area contributed by atoms with Gasteiger partial charge in [-0.2, -0.15) is 0 Å². The van der Waals surface area contributed by atoms with Crippen molar-refractivity contribution in [1.82, 2.24) is 9.97 Å². The molecule has 0 aliphatic carbocycles. The van der Waals surface area contributed by atoms with Gasteiger partial charge in [0.1, 0.15) is 5.82 Å². The molecule has 6 heteroatoms. The van der Waals surface area contributed by atoms with Crippen LogP contribution in [0.15, 0.2) is 42.0 Å². The fraction of sp³-hybridized carbons (Fsp3) is 0.0714. The van der Waals surface area contributed by atoms with E-state index in [1.54, 1.807) is 42.2 Å². The van der Waals surface area contributed by atoms with Gasteiger partial charge in [-0.1, -0.05) is 0 Å². The minimum Gasteiger partial charge on any atom is -0.372 e. The maximum absolute atomic E-state index is 12.3. The summed E-state index contributed by atoms with van der Waals surface area (Å²) in [7, 11) is 1.74. The Morgan fingerprint density at radius 1 is 1.25 bits per heavy atom. The van der Waals surface area contributed by atoms with Crippen LogP contribution >= 0.6 is 11.3 Å². The van der Waals surface area contributed by atoms with E-state index < -0.39 is 0 Å². The third-order valence-corrected chi connectivity index (χ3v) is 3.67. The first-order chi connectivity index (χ1) is 9.78. The summed E-state index contributed by atoms with van der Waals surface area (Å²) in [6.07, 6.45) is 1.64. The number of hydrogen-bond donors (Lipinski definition) is 2. The predicted octanol–water partition coefficient (Wildman–Crippen LogP) is 2.99. The van der Waals surface area contributed by atoms with Crippen molar-refractivity contribution in [3.05, 3.63) is 47.6 Å². The minimum atomic E-state index is -0.189. The first-order valence-corrected chi connectivity index (χ1v) is 6.93. The van der Waals surface area contributed by atoms with Crippen LogP contribution < -0.4 is 10.6 Å². The Bertz CT molecular complexity index is 768. The van der Waals surface area contributed by atoms with Crippen LogP contribution in [0.4, 0.5) is 11.5 Å². The van der Waals surface area contributed by atoms with Crippen molar-refractivity contribution in [3.63, 3.8) is 0 Å². The van der Waals surface area contributed by atoms with Gasteiger partial charge >= 0.3 is 0 Å². The third-order valence-electron chi connectivity index (χ3n) is 2.88. The van der Waals surface area contributed by atoms with Gasteiger partial charge in [0.05, 0.1) is 21.3 Å². The Kier molecular flexibility index (Phi) is 3.30. The van der Waals surface area contributed by atoms with E-state index in [1.807, 2.05) is 18.2 Å². The molecule has 2 aromatic heterocycles. The van der Waals surface area contributed by atoms with Crippen molar-refractivity contribution in [1.29, 1.82) is 0 Å². The zero-order valence-corrected chi connectivity index (χ0v) is 11.6. The van der Waals surface area contributed by atoms with Gasteiger partial charge in [-0.3, -0.25) is 4.79 Å². The third kappa shape index (κ3) is 2.33. The van der Waals surface area contributed by atoms with Gasteiger partial charge in [0.2, 0.25) is 0 Å². The van der Waals surface area contributed by atoms with Crippen molar-refractivity contribution < 1.29 is 4.79 Å². The molecule has 3 rings (SSSR count). The number of aromatic nitrogens is 2. The van der Waals surface area contributed by atoms with E-state index in [4.69, 9.17) is 0 Å². The average molecular weight is 284 g/mol. The lowest BCUT2D eigenvalue weighted by Crippen LogP contribution is -2.14. The lowest BCUT2D eigenvalue weighted by Gasteiger charge is -2.08. The Labute approximate surface area is 119 Å². The van der Waals surface area contributed by atoms with E-state index in [9.17, 15) is 4.79 Å². The number of fused-ring (bicyclic) bond motifs is 1. The van der Waals surface area contributed by atoms with Crippen LogP contribution in [-0.2, 0) is 0 Å². The number of benzene rings is 1. The van der Waals surface area contributed by atoms with Crippen LogP contribution in [0.2, 0.25) is 0 Å². The molecule has 0 aliphatic rings. The molecular formula is C14H12N4OS. The smallest absolute Gasteiger partial charge is 0.259 e. The highest BCUT2D eigenvalue weighted by Gasteiger charge is 2.11. The van der Waals surface area contributed by atoms with Crippen LogP contribution in [0.1, 0.15) is 10.4 Å². The maximum Gasteiger partial charge on any atom is 0.259 e. The van der Waals surface area contributed by atoms with Gasteiger partial charge in [0.15, 0.2) is 0 Å². The topological polar surface area (TPSA) is 66.9 Å². The number of rotatable bonds is 3. The second-order valence-corrected chi connectivity index (χ2v) is 5.02. The number of nitrogens with zero attached hydrogens (tertiary/aromatic N) is 2. The van der Waals surface area contributed by atoms with E-state index in [2.05, 4.69) is 20.6 Å². The fourth-order valence-electron chi connectivity index (χ4n) is 1.92. The molecule has 2 heterocycles. The van der Waals surface area contributed by atoms with Gasteiger partial charge in [-0.05, 0) is 30.3 Å². The van der Waals surface area contributed by atoms with Gasteiger partial charge in [0, 0.05) is 18.9 Å². The quantitative estimate of drug-likeness (QED) is 0.776. The molecule has 0 saturated heterocycles. The summed E-state index contributed by atoms with van der Waals surface area (Å²) in [6.45, 7) is 0. The average Bonchev–Trinajstić information content (AvgIpc) is 2.94. The molecule has 2 N–H and O–H groups in total. The molecule has 0 unspecified atom stereocenters. The number of pyridine rings is 1. The molecule has 0 spiro atoms. The van der Waals surface area contributed by atoms with Gasteiger partial charge in [-0.15, -0.1) is 11.3 Å². The Morgan fingerprint density at radius 2 is 2.15 bits per heavy atom. The molecule has 0 bridgehead atoms. The largest absolute Gasteiger partial charge is 0.372 e. The maximum atomic E-state index is 12.3. The lowest BCUT2D eigenvalue weighted by atomic mass is 10.2. The van der Waals surface area contributed by atoms with E-state index in [0.717, 1.165) is 15.9 Å². The van der Waals surface area contributed by atoms with Crippen LogP contribution in [0.25, 0.3) is 10.2 Å². The highest BCUT2D eigenvalue weighted by molar-refractivity contribution is 7.16. The molecule has 0 aliphatic heterocycles. The molecule has 1 amide bonds. The molecule has 5 nitrogen and oxygen atoms in total. The number of carbonyl (C=O) groups is 1. The second kappa shape index (κ2) is 5.26. The first-order valence-electron chi connectivity index (χ1n) is 6.05. The number of anilines is 2. The molecular weight excluding hydrogens is 272 g/mol. The summed E-state index contributed by atoms with van der Waals surface area (Å²) >= 11 is 1.54. The van der Waals surface area contributed by atoms with Gasteiger partial charge < -0.3 is 10.6 Å². The summed E-state index contributed by atoms with van der Waals surface area (Å²) < 4.78 is 1.04. The predicted molar refractivity (Wildman–Crippen MR) is 81.4 cm³/mol. The van der Waals surface area contributed by atoms with E-state index in [1.165, 1.54) is 0 Å². The number of thiazole rings is 1. The zero-order chi connectivity index (χ0) is 13.9. The molecule has 3 aromatic rings. The number of hydrogen-bond acceptors (Lipinski definition) is 5.